The predicted molar refractivity (Wildman–Crippen MR) is 119 cm³/mol. The molecule has 1 aromatic heterocycles. The van der Waals surface area contributed by atoms with Crippen molar-refractivity contribution in [1.82, 2.24) is 20.9 Å². The Labute approximate surface area is 177 Å². The average Bonchev–Trinajstić information content (AvgIpc) is 2.92. The molecule has 0 fully saturated rings. The summed E-state index contributed by atoms with van der Waals surface area (Å²) in [4.78, 5) is 20.2. The highest BCUT2D eigenvalue weighted by Gasteiger charge is 2.15. The van der Waals surface area contributed by atoms with E-state index in [-0.39, 0.29) is 30.1 Å². The summed E-state index contributed by atoms with van der Waals surface area (Å²) in [6.07, 6.45) is 2.39. The van der Waals surface area contributed by atoms with Gasteiger partial charge in [0.1, 0.15) is 5.60 Å². The van der Waals surface area contributed by atoms with E-state index in [0.29, 0.717) is 6.54 Å². The molecule has 26 heavy (non-hydrogen) atoms. The first-order valence-corrected chi connectivity index (χ1v) is 9.50. The maximum Gasteiger partial charge on any atom is 0.407 e. The highest BCUT2D eigenvalue weighted by Crippen LogP contribution is 2.10. The fourth-order valence-corrected chi connectivity index (χ4v) is 2.80. The number of carbonyl (C=O) groups excluding carboxylic acids is 1. The van der Waals surface area contributed by atoms with Gasteiger partial charge in [-0.25, -0.2) is 9.78 Å². The second kappa shape index (κ2) is 13.1. The van der Waals surface area contributed by atoms with E-state index in [1.807, 2.05) is 27.7 Å². The van der Waals surface area contributed by atoms with Crippen LogP contribution in [-0.4, -0.2) is 49.3 Å². The monoisotopic (exact) mass is 497 g/mol. The van der Waals surface area contributed by atoms with Crippen LogP contribution in [0.15, 0.2) is 10.4 Å². The number of nitrogens with one attached hydrogen (secondary N) is 3. The summed E-state index contributed by atoms with van der Waals surface area (Å²) in [7, 11) is 1.75. The zero-order valence-corrected chi connectivity index (χ0v) is 19.5. The van der Waals surface area contributed by atoms with Crippen molar-refractivity contribution < 1.29 is 9.53 Å². The molecular weight excluding hydrogens is 465 g/mol. The van der Waals surface area contributed by atoms with E-state index in [1.54, 1.807) is 18.4 Å². The van der Waals surface area contributed by atoms with Crippen molar-refractivity contribution in [2.75, 3.05) is 26.7 Å². The predicted octanol–water partition coefficient (Wildman–Crippen LogP) is 3.08. The lowest BCUT2D eigenvalue weighted by molar-refractivity contribution is 0.0527. The lowest BCUT2D eigenvalue weighted by Gasteiger charge is -2.19. The Balaban J connectivity index is 0.00000625. The average molecular weight is 497 g/mol. The van der Waals surface area contributed by atoms with Crippen molar-refractivity contribution in [1.29, 1.82) is 0 Å². The first-order chi connectivity index (χ1) is 11.8. The lowest BCUT2D eigenvalue weighted by Crippen LogP contribution is -2.39. The molecule has 0 aliphatic carbocycles. The molecule has 0 spiro atoms. The largest absolute Gasteiger partial charge is 0.444 e. The molecule has 7 nitrogen and oxygen atoms in total. The summed E-state index contributed by atoms with van der Waals surface area (Å²) in [6.45, 7) is 9.68. The molecule has 0 saturated heterocycles. The highest BCUT2D eigenvalue weighted by molar-refractivity contribution is 14.0. The third-order valence-electron chi connectivity index (χ3n) is 3.06. The van der Waals surface area contributed by atoms with Gasteiger partial charge in [0.2, 0.25) is 0 Å². The number of halogens is 1. The van der Waals surface area contributed by atoms with E-state index in [9.17, 15) is 4.79 Å². The third kappa shape index (κ3) is 12.3. The maximum atomic E-state index is 11.5. The van der Waals surface area contributed by atoms with Crippen LogP contribution in [0.25, 0.3) is 0 Å². The summed E-state index contributed by atoms with van der Waals surface area (Å²) in [5.41, 5.74) is 0.622. The Morgan fingerprint density at radius 3 is 2.35 bits per heavy atom. The van der Waals surface area contributed by atoms with Crippen molar-refractivity contribution >= 4 is 47.4 Å². The lowest BCUT2D eigenvalue weighted by atomic mass is 10.2. The van der Waals surface area contributed by atoms with Crippen LogP contribution in [0.1, 0.15) is 44.3 Å². The molecule has 0 bridgehead atoms. The molecule has 9 heteroatoms. The van der Waals surface area contributed by atoms with Gasteiger partial charge in [0.15, 0.2) is 5.96 Å². The van der Waals surface area contributed by atoms with Gasteiger partial charge in [0.25, 0.3) is 0 Å². The molecule has 1 amide bonds. The van der Waals surface area contributed by atoms with Gasteiger partial charge in [-0.15, -0.1) is 35.3 Å². The Bertz CT molecular complexity index is 558. The standard InChI is InChI=1S/C17H31N5O2S.HI/c1-13-12-25-14(22-13)8-6-9-19-15(18-5)20-10-7-11-21-16(23)24-17(2,3)4;/h12H,6-11H2,1-5H3,(H,21,23)(H2,18,19,20);1H. The number of aliphatic imine (C=N–C) groups is 1. The second-order valence-electron chi connectivity index (χ2n) is 6.69. The fraction of sp³-hybridized carbons (Fsp3) is 0.706. The van der Waals surface area contributed by atoms with Crippen LogP contribution in [0.4, 0.5) is 4.79 Å². The molecule has 0 unspecified atom stereocenters. The van der Waals surface area contributed by atoms with Crippen LogP contribution < -0.4 is 16.0 Å². The maximum absolute atomic E-state index is 11.5. The van der Waals surface area contributed by atoms with Crippen LogP contribution in [0, 0.1) is 6.92 Å². The van der Waals surface area contributed by atoms with Crippen LogP contribution in [0.5, 0.6) is 0 Å². The molecule has 1 heterocycles. The number of carbonyl (C=O) groups is 1. The first-order valence-electron chi connectivity index (χ1n) is 8.62. The molecule has 3 N–H and O–H groups in total. The molecule has 0 aliphatic rings. The van der Waals surface area contributed by atoms with Gasteiger partial charge < -0.3 is 20.7 Å². The van der Waals surface area contributed by atoms with Crippen molar-refractivity contribution in [3.63, 3.8) is 0 Å². The molecule has 1 rings (SSSR count). The van der Waals surface area contributed by atoms with Gasteiger partial charge in [-0.1, -0.05) is 0 Å². The SMILES string of the molecule is CN=C(NCCCNC(=O)OC(C)(C)C)NCCCc1nc(C)cs1.I. The van der Waals surface area contributed by atoms with Gasteiger partial charge in [0, 0.05) is 44.2 Å². The molecule has 0 aliphatic heterocycles. The fourth-order valence-electron chi connectivity index (χ4n) is 1.98. The quantitative estimate of drug-likeness (QED) is 0.223. The van der Waals surface area contributed by atoms with E-state index in [0.717, 1.165) is 44.0 Å². The molecule has 0 saturated carbocycles. The van der Waals surface area contributed by atoms with Gasteiger partial charge >= 0.3 is 6.09 Å². The van der Waals surface area contributed by atoms with Gasteiger partial charge in [-0.05, 0) is 40.5 Å². The molecule has 1 aromatic rings. The van der Waals surface area contributed by atoms with Crippen molar-refractivity contribution in [3.05, 3.63) is 16.1 Å². The molecule has 0 aromatic carbocycles. The smallest absolute Gasteiger partial charge is 0.407 e. The normalized spacial score (nSPS) is 11.5. The minimum absolute atomic E-state index is 0. The zero-order valence-electron chi connectivity index (χ0n) is 16.3. The summed E-state index contributed by atoms with van der Waals surface area (Å²) in [6, 6.07) is 0. The summed E-state index contributed by atoms with van der Waals surface area (Å²) < 4.78 is 5.18. The number of alkyl carbamates (subject to hydrolysis) is 1. The summed E-state index contributed by atoms with van der Waals surface area (Å²) >= 11 is 1.71. The number of amides is 1. The number of nitrogens with zero attached hydrogens (tertiary/aromatic N) is 2. The van der Waals surface area contributed by atoms with Crippen LogP contribution >= 0.6 is 35.3 Å². The number of hydrogen-bond acceptors (Lipinski definition) is 5. The Morgan fingerprint density at radius 2 is 1.81 bits per heavy atom. The summed E-state index contributed by atoms with van der Waals surface area (Å²) in [5.74, 6) is 0.771. The topological polar surface area (TPSA) is 87.6 Å². The minimum atomic E-state index is -0.467. The second-order valence-corrected chi connectivity index (χ2v) is 7.64. The van der Waals surface area contributed by atoms with E-state index in [4.69, 9.17) is 4.74 Å². The third-order valence-corrected chi connectivity index (χ3v) is 4.09. The first kappa shape index (κ1) is 24.9. The Kier molecular flexibility index (Phi) is 12.6. The van der Waals surface area contributed by atoms with Gasteiger partial charge in [-0.2, -0.15) is 0 Å². The molecular formula is C17H32IN5O2S. The van der Waals surface area contributed by atoms with E-state index in [1.165, 1.54) is 5.01 Å². The number of rotatable bonds is 8. The van der Waals surface area contributed by atoms with E-state index in [2.05, 4.69) is 31.3 Å². The number of thiazole rings is 1. The molecule has 0 radical (unpaired) electrons. The molecule has 150 valence electrons. The van der Waals surface area contributed by atoms with Crippen LogP contribution in [0.2, 0.25) is 0 Å². The van der Waals surface area contributed by atoms with Gasteiger partial charge in [0.05, 0.1) is 5.01 Å². The van der Waals surface area contributed by atoms with Crippen LogP contribution in [-0.2, 0) is 11.2 Å². The van der Waals surface area contributed by atoms with Crippen molar-refractivity contribution in [2.24, 2.45) is 4.99 Å². The zero-order chi connectivity index (χ0) is 18.7. The van der Waals surface area contributed by atoms with Crippen LogP contribution in [0.3, 0.4) is 0 Å². The minimum Gasteiger partial charge on any atom is -0.444 e. The number of hydrogen-bond donors (Lipinski definition) is 3. The van der Waals surface area contributed by atoms with E-state index < -0.39 is 5.60 Å². The Hall–Kier alpha value is -1.10. The summed E-state index contributed by atoms with van der Waals surface area (Å²) in [5, 5.41) is 12.5. The van der Waals surface area contributed by atoms with E-state index >= 15 is 0 Å². The van der Waals surface area contributed by atoms with Crippen molar-refractivity contribution in [3.8, 4) is 0 Å². The number of guanidine groups is 1. The number of aromatic nitrogens is 1. The highest BCUT2D eigenvalue weighted by atomic mass is 127. The van der Waals surface area contributed by atoms with Crippen molar-refractivity contribution in [2.45, 2.75) is 52.6 Å². The Morgan fingerprint density at radius 1 is 1.19 bits per heavy atom. The number of ether oxygens (including phenoxy) is 1. The molecule has 0 atom stereocenters. The number of aryl methyl sites for hydroxylation is 2. The van der Waals surface area contributed by atoms with Gasteiger partial charge in [-0.3, -0.25) is 4.99 Å².